The summed E-state index contributed by atoms with van der Waals surface area (Å²) in [6.45, 7) is -0.370. The molecule has 0 saturated carbocycles. The standard InChI is InChI=1S/C5H5NO4/c7-1-3-2-10-6-4(3)5(8)9/h2,7H,1H2,(H,8,9). The molecule has 1 aromatic rings. The van der Waals surface area contributed by atoms with E-state index in [9.17, 15) is 4.79 Å². The predicted molar refractivity (Wildman–Crippen MR) is 29.4 cm³/mol. The molecule has 1 aromatic heterocycles. The summed E-state index contributed by atoms with van der Waals surface area (Å²) in [5, 5.41) is 20.0. The van der Waals surface area contributed by atoms with Crippen LogP contribution in [0.1, 0.15) is 16.1 Å². The molecular weight excluding hydrogens is 138 g/mol. The van der Waals surface area contributed by atoms with Crippen LogP contribution in [-0.4, -0.2) is 21.3 Å². The van der Waals surface area contributed by atoms with Crippen LogP contribution in [0.3, 0.4) is 0 Å². The molecule has 1 heterocycles. The molecular formula is C5H5NO4. The highest BCUT2D eigenvalue weighted by atomic mass is 16.5. The fourth-order valence-corrected chi connectivity index (χ4v) is 0.546. The molecule has 0 aliphatic rings. The Bertz CT molecular complexity index is 242. The van der Waals surface area contributed by atoms with Crippen molar-refractivity contribution in [1.29, 1.82) is 0 Å². The van der Waals surface area contributed by atoms with Gasteiger partial charge in [-0.2, -0.15) is 0 Å². The number of aromatic carboxylic acids is 1. The largest absolute Gasteiger partial charge is 0.476 e. The van der Waals surface area contributed by atoms with Gasteiger partial charge in [-0.15, -0.1) is 0 Å². The molecule has 0 radical (unpaired) electrons. The number of rotatable bonds is 2. The number of aliphatic hydroxyl groups excluding tert-OH is 1. The molecule has 0 amide bonds. The van der Waals surface area contributed by atoms with Crippen LogP contribution in [0.15, 0.2) is 10.8 Å². The second kappa shape index (κ2) is 2.49. The number of hydrogen-bond acceptors (Lipinski definition) is 4. The Labute approximate surface area is 55.9 Å². The summed E-state index contributed by atoms with van der Waals surface area (Å²) < 4.78 is 4.31. The van der Waals surface area contributed by atoms with Crippen LogP contribution in [-0.2, 0) is 6.61 Å². The van der Waals surface area contributed by atoms with Gasteiger partial charge in [-0.1, -0.05) is 5.16 Å². The molecule has 10 heavy (non-hydrogen) atoms. The first kappa shape index (κ1) is 6.76. The van der Waals surface area contributed by atoms with Gasteiger partial charge in [0.2, 0.25) is 0 Å². The predicted octanol–water partition coefficient (Wildman–Crippen LogP) is -0.135. The third-order valence-corrected chi connectivity index (χ3v) is 1.02. The average Bonchev–Trinajstić information content (AvgIpc) is 2.33. The molecule has 0 fully saturated rings. The zero-order valence-electron chi connectivity index (χ0n) is 4.94. The van der Waals surface area contributed by atoms with E-state index in [4.69, 9.17) is 10.2 Å². The summed E-state index contributed by atoms with van der Waals surface area (Å²) >= 11 is 0. The number of carbonyl (C=O) groups is 1. The maximum absolute atomic E-state index is 10.2. The second-order valence-corrected chi connectivity index (χ2v) is 1.65. The molecule has 2 N–H and O–H groups in total. The van der Waals surface area contributed by atoms with Gasteiger partial charge in [0.05, 0.1) is 12.2 Å². The van der Waals surface area contributed by atoms with Gasteiger partial charge in [-0.25, -0.2) is 4.79 Å². The summed E-state index contributed by atoms with van der Waals surface area (Å²) in [7, 11) is 0. The van der Waals surface area contributed by atoms with E-state index in [1.54, 1.807) is 0 Å². The highest BCUT2D eigenvalue weighted by Gasteiger charge is 2.13. The SMILES string of the molecule is O=C(O)c1nocc1CO. The lowest BCUT2D eigenvalue weighted by atomic mass is 10.3. The van der Waals surface area contributed by atoms with Crippen molar-refractivity contribution in [2.45, 2.75) is 6.61 Å². The van der Waals surface area contributed by atoms with E-state index < -0.39 is 5.97 Å². The molecule has 5 heteroatoms. The van der Waals surface area contributed by atoms with Gasteiger partial charge in [0.15, 0.2) is 5.69 Å². The van der Waals surface area contributed by atoms with Crippen molar-refractivity contribution in [3.05, 3.63) is 17.5 Å². The van der Waals surface area contributed by atoms with Crippen molar-refractivity contribution in [2.24, 2.45) is 0 Å². The number of nitrogens with zero attached hydrogens (tertiary/aromatic N) is 1. The van der Waals surface area contributed by atoms with E-state index in [-0.39, 0.29) is 17.9 Å². The number of hydrogen-bond donors (Lipinski definition) is 2. The fourth-order valence-electron chi connectivity index (χ4n) is 0.546. The topological polar surface area (TPSA) is 83.6 Å². The van der Waals surface area contributed by atoms with Crippen LogP contribution in [0.4, 0.5) is 0 Å². The van der Waals surface area contributed by atoms with Gasteiger partial charge in [-0.3, -0.25) is 0 Å². The van der Waals surface area contributed by atoms with Gasteiger partial charge < -0.3 is 14.7 Å². The van der Waals surface area contributed by atoms with E-state index in [0.717, 1.165) is 6.26 Å². The number of aromatic nitrogens is 1. The summed E-state index contributed by atoms with van der Waals surface area (Å²) in [6, 6.07) is 0. The minimum absolute atomic E-state index is 0.188. The minimum Gasteiger partial charge on any atom is -0.476 e. The van der Waals surface area contributed by atoms with Gasteiger partial charge in [-0.05, 0) is 0 Å². The Morgan fingerprint density at radius 2 is 2.50 bits per heavy atom. The third-order valence-electron chi connectivity index (χ3n) is 1.02. The van der Waals surface area contributed by atoms with Crippen LogP contribution >= 0.6 is 0 Å². The molecule has 0 spiro atoms. The number of aliphatic hydroxyl groups is 1. The summed E-state index contributed by atoms with van der Waals surface area (Å²) in [5.74, 6) is -1.20. The highest BCUT2D eigenvalue weighted by Crippen LogP contribution is 2.05. The molecule has 0 atom stereocenters. The molecule has 5 nitrogen and oxygen atoms in total. The van der Waals surface area contributed by atoms with E-state index in [0.29, 0.717) is 0 Å². The summed E-state index contributed by atoms with van der Waals surface area (Å²) in [6.07, 6.45) is 1.10. The van der Waals surface area contributed by atoms with E-state index in [2.05, 4.69) is 9.68 Å². The van der Waals surface area contributed by atoms with Crippen molar-refractivity contribution in [1.82, 2.24) is 5.16 Å². The lowest BCUT2D eigenvalue weighted by molar-refractivity contribution is 0.0682. The van der Waals surface area contributed by atoms with Gasteiger partial charge in [0.1, 0.15) is 6.26 Å². The first-order valence-electron chi connectivity index (χ1n) is 2.53. The van der Waals surface area contributed by atoms with Gasteiger partial charge in [0, 0.05) is 0 Å². The first-order valence-corrected chi connectivity index (χ1v) is 2.53. The van der Waals surface area contributed by atoms with Crippen LogP contribution in [0.5, 0.6) is 0 Å². The number of carboxylic acid groups (broad SMARTS) is 1. The molecule has 0 aliphatic heterocycles. The molecule has 1 rings (SSSR count). The van der Waals surface area contributed by atoms with Crippen LogP contribution < -0.4 is 0 Å². The Morgan fingerprint density at radius 1 is 1.80 bits per heavy atom. The molecule has 0 aromatic carbocycles. The fraction of sp³-hybridized carbons (Fsp3) is 0.200. The smallest absolute Gasteiger partial charge is 0.358 e. The first-order chi connectivity index (χ1) is 4.75. The van der Waals surface area contributed by atoms with E-state index in [1.165, 1.54) is 0 Å². The number of carboxylic acids is 1. The Balaban J connectivity index is 3.01. The van der Waals surface area contributed by atoms with Crippen molar-refractivity contribution in [3.8, 4) is 0 Å². The van der Waals surface area contributed by atoms with Crippen molar-refractivity contribution in [2.75, 3.05) is 0 Å². The van der Waals surface area contributed by atoms with E-state index >= 15 is 0 Å². The maximum atomic E-state index is 10.2. The lowest BCUT2D eigenvalue weighted by Crippen LogP contribution is -2.00. The molecule has 54 valence electrons. The molecule has 0 aliphatic carbocycles. The highest BCUT2D eigenvalue weighted by molar-refractivity contribution is 5.86. The van der Waals surface area contributed by atoms with Gasteiger partial charge in [0.25, 0.3) is 0 Å². The second-order valence-electron chi connectivity index (χ2n) is 1.65. The molecule has 0 unspecified atom stereocenters. The zero-order valence-corrected chi connectivity index (χ0v) is 4.94. The van der Waals surface area contributed by atoms with Crippen molar-refractivity contribution >= 4 is 5.97 Å². The summed E-state index contributed by atoms with van der Waals surface area (Å²) in [4.78, 5) is 10.2. The Kier molecular flexibility index (Phi) is 1.68. The van der Waals surface area contributed by atoms with Crippen LogP contribution in [0.25, 0.3) is 0 Å². The maximum Gasteiger partial charge on any atom is 0.358 e. The lowest BCUT2D eigenvalue weighted by Gasteiger charge is -1.86. The van der Waals surface area contributed by atoms with Crippen molar-refractivity contribution in [3.63, 3.8) is 0 Å². The van der Waals surface area contributed by atoms with Crippen molar-refractivity contribution < 1.29 is 19.5 Å². The normalized spacial score (nSPS) is 9.70. The zero-order chi connectivity index (χ0) is 7.56. The monoisotopic (exact) mass is 143 g/mol. The summed E-state index contributed by atoms with van der Waals surface area (Å²) in [5.41, 5.74) is -0.0463. The van der Waals surface area contributed by atoms with Crippen LogP contribution in [0, 0.1) is 0 Å². The average molecular weight is 143 g/mol. The van der Waals surface area contributed by atoms with Gasteiger partial charge >= 0.3 is 5.97 Å². The Morgan fingerprint density at radius 3 is 2.90 bits per heavy atom. The van der Waals surface area contributed by atoms with Crippen LogP contribution in [0.2, 0.25) is 0 Å². The molecule has 0 saturated heterocycles. The molecule has 0 bridgehead atoms. The Hall–Kier alpha value is -1.36. The third kappa shape index (κ3) is 0.985. The van der Waals surface area contributed by atoms with E-state index in [1.807, 2.05) is 0 Å². The minimum atomic E-state index is -1.20. The quantitative estimate of drug-likeness (QED) is 0.602.